The summed E-state index contributed by atoms with van der Waals surface area (Å²) in [5, 5.41) is 4.11. The van der Waals surface area contributed by atoms with Crippen molar-refractivity contribution < 1.29 is 9.26 Å². The Hall–Kier alpha value is -0.940. The van der Waals surface area contributed by atoms with E-state index in [-0.39, 0.29) is 6.04 Å². The van der Waals surface area contributed by atoms with Crippen molar-refractivity contribution in [2.75, 3.05) is 6.61 Å². The van der Waals surface area contributed by atoms with E-state index in [0.717, 1.165) is 29.6 Å². The molecule has 5 rings (SSSR count). The van der Waals surface area contributed by atoms with Crippen LogP contribution in [0.2, 0.25) is 0 Å². The van der Waals surface area contributed by atoms with Crippen LogP contribution in [0.15, 0.2) is 4.52 Å². The number of nitrogens with two attached hydrogens (primary N) is 1. The van der Waals surface area contributed by atoms with Gasteiger partial charge in [-0.15, -0.1) is 0 Å². The Balaban J connectivity index is 1.23. The van der Waals surface area contributed by atoms with Crippen LogP contribution in [0.1, 0.15) is 62.2 Å². The Morgan fingerprint density at radius 2 is 1.95 bits per heavy atom. The van der Waals surface area contributed by atoms with Gasteiger partial charge in [0.2, 0.25) is 5.89 Å². The van der Waals surface area contributed by atoms with Crippen LogP contribution in [-0.2, 0) is 4.74 Å². The van der Waals surface area contributed by atoms with Crippen molar-refractivity contribution >= 4 is 0 Å². The summed E-state index contributed by atoms with van der Waals surface area (Å²) < 4.78 is 11.3. The monoisotopic (exact) mass is 289 g/mol. The zero-order valence-electron chi connectivity index (χ0n) is 12.3. The minimum absolute atomic E-state index is 0.251. The minimum atomic E-state index is -0.251. The van der Waals surface area contributed by atoms with Crippen molar-refractivity contribution in [3.63, 3.8) is 0 Å². The molecule has 4 fully saturated rings. The summed E-state index contributed by atoms with van der Waals surface area (Å²) >= 11 is 0. The van der Waals surface area contributed by atoms with E-state index in [1.165, 1.54) is 38.5 Å². The highest BCUT2D eigenvalue weighted by Gasteiger charge is 2.67. The van der Waals surface area contributed by atoms with E-state index in [1.807, 2.05) is 0 Å². The standard InChI is InChI=1S/C16H23N3O2/c17-11(7-20-10-2-1-3-10)15-18-16(21-19-15)14-12-8-4-5-9(6-8)13(12)14/h8-14H,1-7,17H2. The molecule has 5 unspecified atom stereocenters. The number of fused-ring (bicyclic) bond motifs is 5. The zero-order chi connectivity index (χ0) is 14.0. The first-order valence-corrected chi connectivity index (χ1v) is 8.52. The molecule has 0 spiro atoms. The normalized spacial score (nSPS) is 41.9. The number of aromatic nitrogens is 2. The number of hydrogen-bond acceptors (Lipinski definition) is 5. The van der Waals surface area contributed by atoms with Crippen molar-refractivity contribution in [2.45, 2.75) is 56.6 Å². The summed E-state index contributed by atoms with van der Waals surface area (Å²) in [7, 11) is 0. The molecule has 0 aliphatic heterocycles. The van der Waals surface area contributed by atoms with Gasteiger partial charge in [0.15, 0.2) is 5.82 Å². The molecule has 0 radical (unpaired) electrons. The van der Waals surface area contributed by atoms with Gasteiger partial charge in [-0.1, -0.05) is 5.16 Å². The second kappa shape index (κ2) is 4.53. The molecular weight excluding hydrogens is 266 g/mol. The maximum Gasteiger partial charge on any atom is 0.230 e. The smallest absolute Gasteiger partial charge is 0.230 e. The van der Waals surface area contributed by atoms with Gasteiger partial charge in [-0.25, -0.2) is 0 Å². The molecule has 4 aliphatic carbocycles. The predicted molar refractivity (Wildman–Crippen MR) is 75.4 cm³/mol. The molecule has 2 N–H and O–H groups in total. The summed E-state index contributed by atoms with van der Waals surface area (Å²) in [5.41, 5.74) is 6.13. The SMILES string of the molecule is NC(COC1CCC1)c1noc(C2C3C4CCC(C4)C23)n1. The minimum Gasteiger partial charge on any atom is -0.376 e. The lowest BCUT2D eigenvalue weighted by molar-refractivity contribution is -0.00549. The topological polar surface area (TPSA) is 74.2 Å². The Morgan fingerprint density at radius 1 is 1.19 bits per heavy atom. The van der Waals surface area contributed by atoms with Crippen molar-refractivity contribution in [1.29, 1.82) is 0 Å². The second-order valence-electron chi connectivity index (χ2n) is 7.50. The van der Waals surface area contributed by atoms with Crippen LogP contribution in [0.5, 0.6) is 0 Å². The van der Waals surface area contributed by atoms with Gasteiger partial charge < -0.3 is 15.0 Å². The van der Waals surface area contributed by atoms with Crippen molar-refractivity contribution in [1.82, 2.24) is 10.1 Å². The molecule has 21 heavy (non-hydrogen) atoms. The summed E-state index contributed by atoms with van der Waals surface area (Å²) in [4.78, 5) is 4.59. The highest BCUT2D eigenvalue weighted by Crippen LogP contribution is 2.72. The van der Waals surface area contributed by atoms with Crippen LogP contribution in [-0.4, -0.2) is 22.9 Å². The maximum absolute atomic E-state index is 6.13. The van der Waals surface area contributed by atoms with Gasteiger partial charge in [0.1, 0.15) is 0 Å². The molecule has 1 aromatic rings. The average Bonchev–Trinajstić information content (AvgIpc) is 2.87. The van der Waals surface area contributed by atoms with E-state index in [1.54, 1.807) is 0 Å². The molecule has 2 bridgehead atoms. The first-order chi connectivity index (χ1) is 10.3. The summed E-state index contributed by atoms with van der Waals surface area (Å²) in [6.07, 6.45) is 8.29. The lowest BCUT2D eigenvalue weighted by Gasteiger charge is -2.26. The molecule has 4 aliphatic rings. The summed E-state index contributed by atoms with van der Waals surface area (Å²) in [6, 6.07) is -0.251. The third kappa shape index (κ3) is 1.90. The highest BCUT2D eigenvalue weighted by molar-refractivity contribution is 5.23. The van der Waals surface area contributed by atoms with Gasteiger partial charge in [0.05, 0.1) is 18.8 Å². The van der Waals surface area contributed by atoms with Crippen LogP contribution >= 0.6 is 0 Å². The third-order valence-corrected chi connectivity index (χ3v) is 6.37. The van der Waals surface area contributed by atoms with Gasteiger partial charge in [-0.05, 0) is 62.2 Å². The predicted octanol–water partition coefficient (Wildman–Crippen LogP) is 2.40. The molecular formula is C16H23N3O2. The van der Waals surface area contributed by atoms with E-state index in [9.17, 15) is 0 Å². The maximum atomic E-state index is 6.13. The largest absolute Gasteiger partial charge is 0.376 e. The van der Waals surface area contributed by atoms with Crippen molar-refractivity contribution in [2.24, 2.45) is 29.4 Å². The van der Waals surface area contributed by atoms with Crippen LogP contribution in [0, 0.1) is 23.7 Å². The first-order valence-electron chi connectivity index (χ1n) is 8.52. The Kier molecular flexibility index (Phi) is 2.71. The fraction of sp³-hybridized carbons (Fsp3) is 0.875. The van der Waals surface area contributed by atoms with Crippen LogP contribution in [0.4, 0.5) is 0 Å². The molecule has 5 nitrogen and oxygen atoms in total. The zero-order valence-corrected chi connectivity index (χ0v) is 12.3. The molecule has 1 aromatic heterocycles. The molecule has 0 saturated heterocycles. The van der Waals surface area contributed by atoms with E-state index < -0.39 is 0 Å². The molecule has 5 heteroatoms. The van der Waals surface area contributed by atoms with Crippen LogP contribution in [0.3, 0.4) is 0 Å². The fourth-order valence-corrected chi connectivity index (χ4v) is 5.04. The van der Waals surface area contributed by atoms with E-state index >= 15 is 0 Å². The van der Waals surface area contributed by atoms with Gasteiger partial charge in [-0.2, -0.15) is 4.98 Å². The van der Waals surface area contributed by atoms with Gasteiger partial charge >= 0.3 is 0 Å². The molecule has 5 atom stereocenters. The number of hydrogen-bond donors (Lipinski definition) is 1. The summed E-state index contributed by atoms with van der Waals surface area (Å²) in [6.45, 7) is 0.506. The van der Waals surface area contributed by atoms with Crippen molar-refractivity contribution in [3.05, 3.63) is 11.7 Å². The van der Waals surface area contributed by atoms with Crippen molar-refractivity contribution in [3.8, 4) is 0 Å². The van der Waals surface area contributed by atoms with Gasteiger partial charge in [-0.3, -0.25) is 0 Å². The Labute approximate surface area is 124 Å². The average molecular weight is 289 g/mol. The van der Waals surface area contributed by atoms with E-state index in [4.69, 9.17) is 15.0 Å². The number of rotatable bonds is 5. The molecule has 4 saturated carbocycles. The van der Waals surface area contributed by atoms with Gasteiger partial charge in [0.25, 0.3) is 0 Å². The Bertz CT molecular complexity index is 525. The molecule has 1 heterocycles. The third-order valence-electron chi connectivity index (χ3n) is 6.37. The van der Waals surface area contributed by atoms with Gasteiger partial charge in [0, 0.05) is 5.92 Å². The Morgan fingerprint density at radius 3 is 2.62 bits per heavy atom. The number of ether oxygens (including phenoxy) is 1. The van der Waals surface area contributed by atoms with Crippen LogP contribution < -0.4 is 5.73 Å². The quantitative estimate of drug-likeness (QED) is 0.901. The lowest BCUT2D eigenvalue weighted by Crippen LogP contribution is -2.27. The molecule has 0 amide bonds. The first kappa shape index (κ1) is 12.6. The van der Waals surface area contributed by atoms with Crippen LogP contribution in [0.25, 0.3) is 0 Å². The molecule has 114 valence electrons. The second-order valence-corrected chi connectivity index (χ2v) is 7.50. The number of nitrogens with zero attached hydrogens (tertiary/aromatic N) is 2. The highest BCUT2D eigenvalue weighted by atomic mass is 16.5. The van der Waals surface area contributed by atoms with E-state index in [0.29, 0.717) is 24.5 Å². The van der Waals surface area contributed by atoms with E-state index in [2.05, 4.69) is 10.1 Å². The lowest BCUT2D eigenvalue weighted by atomic mass is 9.96. The summed E-state index contributed by atoms with van der Waals surface area (Å²) in [5.74, 6) is 5.53. The molecule has 0 aromatic carbocycles. The fourth-order valence-electron chi connectivity index (χ4n) is 5.04.